The number of hydrogen-bond donors (Lipinski definition) is 3. The number of carbonyl (C=O) groups excluding carboxylic acids is 2. The number of aryl methyl sites for hydroxylation is 2. The molecule has 0 saturated carbocycles. The van der Waals surface area contributed by atoms with Gasteiger partial charge in [0.2, 0.25) is 5.91 Å². The lowest BCUT2D eigenvalue weighted by Gasteiger charge is -2.07. The molecule has 7 nitrogen and oxygen atoms in total. The Bertz CT molecular complexity index is 948. The molecule has 0 aliphatic carbocycles. The number of amides is 2. The minimum Gasteiger partial charge on any atom is -0.507 e. The van der Waals surface area contributed by atoms with E-state index in [1.807, 2.05) is 31.2 Å². The van der Waals surface area contributed by atoms with Crippen LogP contribution in [-0.4, -0.2) is 21.9 Å². The number of aromatic nitrogens is 1. The number of aromatic hydroxyl groups is 1. The first-order valence-corrected chi connectivity index (χ1v) is 8.42. The summed E-state index contributed by atoms with van der Waals surface area (Å²) >= 11 is 0. The van der Waals surface area contributed by atoms with Crippen molar-refractivity contribution in [1.82, 2.24) is 15.8 Å². The normalized spacial score (nSPS) is 10.4. The third-order valence-corrected chi connectivity index (χ3v) is 3.92. The van der Waals surface area contributed by atoms with Gasteiger partial charge < -0.3 is 9.52 Å². The van der Waals surface area contributed by atoms with Crippen LogP contribution in [-0.2, 0) is 11.2 Å². The fraction of sp³-hybridized carbons (Fsp3) is 0.150. The zero-order valence-corrected chi connectivity index (χ0v) is 14.7. The largest absolute Gasteiger partial charge is 0.507 e. The van der Waals surface area contributed by atoms with E-state index in [1.54, 1.807) is 18.3 Å². The Morgan fingerprint density at radius 2 is 1.81 bits per heavy atom. The van der Waals surface area contributed by atoms with Gasteiger partial charge in [0.15, 0.2) is 11.7 Å². The molecule has 0 saturated heterocycles. The number of para-hydroxylation sites is 1. The molecule has 0 aliphatic heterocycles. The summed E-state index contributed by atoms with van der Waals surface area (Å²) in [4.78, 5) is 28.0. The summed E-state index contributed by atoms with van der Waals surface area (Å²) in [7, 11) is 0. The Morgan fingerprint density at radius 3 is 2.56 bits per heavy atom. The standard InChI is InChI=1S/C20H19N3O4/c1-13-6-8-14(9-7-13)17-12-21-19(27-17)11-10-18(25)22-23-20(26)15-4-2-3-5-16(15)24/h2-9,12,24H,10-11H2,1H3,(H,22,25)(H,23,26). The Labute approximate surface area is 156 Å². The zero-order valence-electron chi connectivity index (χ0n) is 14.7. The lowest BCUT2D eigenvalue weighted by molar-refractivity contribution is -0.121. The van der Waals surface area contributed by atoms with Crippen molar-refractivity contribution < 1.29 is 19.1 Å². The third kappa shape index (κ3) is 4.72. The van der Waals surface area contributed by atoms with Crippen LogP contribution in [0.25, 0.3) is 11.3 Å². The molecule has 2 aromatic carbocycles. The van der Waals surface area contributed by atoms with Crippen molar-refractivity contribution in [2.75, 3.05) is 0 Å². The lowest BCUT2D eigenvalue weighted by Crippen LogP contribution is -2.41. The predicted octanol–water partition coefficient (Wildman–Crippen LogP) is 2.75. The molecule has 138 valence electrons. The molecular weight excluding hydrogens is 346 g/mol. The van der Waals surface area contributed by atoms with Crippen molar-refractivity contribution in [3.8, 4) is 17.1 Å². The zero-order chi connectivity index (χ0) is 19.2. The van der Waals surface area contributed by atoms with Crippen molar-refractivity contribution >= 4 is 11.8 Å². The Morgan fingerprint density at radius 1 is 1.07 bits per heavy atom. The molecule has 0 bridgehead atoms. The maximum Gasteiger partial charge on any atom is 0.273 e. The minimum atomic E-state index is -0.598. The molecule has 0 radical (unpaired) electrons. The molecular formula is C20H19N3O4. The molecule has 3 rings (SSSR count). The van der Waals surface area contributed by atoms with Crippen molar-refractivity contribution in [2.45, 2.75) is 19.8 Å². The van der Waals surface area contributed by atoms with E-state index < -0.39 is 11.8 Å². The van der Waals surface area contributed by atoms with E-state index >= 15 is 0 Å². The average molecular weight is 365 g/mol. The molecule has 0 atom stereocenters. The van der Waals surface area contributed by atoms with Gasteiger partial charge in [0.05, 0.1) is 11.8 Å². The number of carbonyl (C=O) groups is 2. The first kappa shape index (κ1) is 18.2. The van der Waals surface area contributed by atoms with Crippen molar-refractivity contribution in [1.29, 1.82) is 0 Å². The lowest BCUT2D eigenvalue weighted by atomic mass is 10.1. The van der Waals surface area contributed by atoms with Crippen LogP contribution < -0.4 is 10.9 Å². The van der Waals surface area contributed by atoms with Crippen molar-refractivity contribution in [3.63, 3.8) is 0 Å². The van der Waals surface area contributed by atoms with Gasteiger partial charge in [-0.3, -0.25) is 20.4 Å². The van der Waals surface area contributed by atoms with E-state index in [0.29, 0.717) is 18.1 Å². The van der Waals surface area contributed by atoms with E-state index in [-0.39, 0.29) is 17.7 Å². The summed E-state index contributed by atoms with van der Waals surface area (Å²) in [6.07, 6.45) is 2.01. The van der Waals surface area contributed by atoms with Gasteiger partial charge in [-0.15, -0.1) is 0 Å². The number of benzene rings is 2. The number of nitrogens with zero attached hydrogens (tertiary/aromatic N) is 1. The first-order chi connectivity index (χ1) is 13.0. The highest BCUT2D eigenvalue weighted by molar-refractivity contribution is 5.97. The number of nitrogens with one attached hydrogen (secondary N) is 2. The molecule has 0 aliphatic rings. The summed E-state index contributed by atoms with van der Waals surface area (Å²) in [6.45, 7) is 2.01. The van der Waals surface area contributed by atoms with Crippen molar-refractivity contribution in [3.05, 3.63) is 71.7 Å². The summed E-state index contributed by atoms with van der Waals surface area (Å²) in [5, 5.41) is 9.62. The van der Waals surface area contributed by atoms with Crippen LogP contribution in [0.1, 0.15) is 28.2 Å². The minimum absolute atomic E-state index is 0.0771. The molecule has 0 spiro atoms. The molecule has 3 N–H and O–H groups in total. The van der Waals surface area contributed by atoms with E-state index in [0.717, 1.165) is 11.1 Å². The molecule has 3 aromatic rings. The second-order valence-corrected chi connectivity index (χ2v) is 6.00. The van der Waals surface area contributed by atoms with Gasteiger partial charge in [0.1, 0.15) is 5.75 Å². The monoisotopic (exact) mass is 365 g/mol. The number of oxazole rings is 1. The molecule has 0 fully saturated rings. The Kier molecular flexibility index (Phi) is 5.51. The van der Waals surface area contributed by atoms with Crippen molar-refractivity contribution in [2.24, 2.45) is 0 Å². The summed E-state index contributed by atoms with van der Waals surface area (Å²) < 4.78 is 5.66. The second kappa shape index (κ2) is 8.18. The quantitative estimate of drug-likeness (QED) is 0.603. The number of hydrogen-bond acceptors (Lipinski definition) is 5. The van der Waals surface area contributed by atoms with Crippen LogP contribution >= 0.6 is 0 Å². The fourth-order valence-corrected chi connectivity index (χ4v) is 2.42. The van der Waals surface area contributed by atoms with Crippen LogP contribution in [0.5, 0.6) is 5.75 Å². The highest BCUT2D eigenvalue weighted by atomic mass is 16.4. The molecule has 0 unspecified atom stereocenters. The highest BCUT2D eigenvalue weighted by Gasteiger charge is 2.12. The van der Waals surface area contributed by atoms with Gasteiger partial charge in [-0.25, -0.2) is 4.98 Å². The topological polar surface area (TPSA) is 104 Å². The molecule has 1 aromatic heterocycles. The number of rotatable bonds is 5. The van der Waals surface area contributed by atoms with E-state index in [2.05, 4.69) is 15.8 Å². The molecule has 7 heteroatoms. The molecule has 27 heavy (non-hydrogen) atoms. The van der Waals surface area contributed by atoms with Crippen LogP contribution in [0.15, 0.2) is 59.1 Å². The number of phenolic OH excluding ortho intramolecular Hbond substituents is 1. The van der Waals surface area contributed by atoms with Gasteiger partial charge in [-0.2, -0.15) is 0 Å². The Balaban J connectivity index is 1.49. The maximum absolute atomic E-state index is 11.9. The van der Waals surface area contributed by atoms with Crippen LogP contribution in [0.3, 0.4) is 0 Å². The SMILES string of the molecule is Cc1ccc(-c2cnc(CCC(=O)NNC(=O)c3ccccc3O)o2)cc1. The van der Waals surface area contributed by atoms with Gasteiger partial charge in [0, 0.05) is 18.4 Å². The highest BCUT2D eigenvalue weighted by Crippen LogP contribution is 2.21. The van der Waals surface area contributed by atoms with E-state index in [4.69, 9.17) is 4.42 Å². The van der Waals surface area contributed by atoms with Gasteiger partial charge in [0.25, 0.3) is 5.91 Å². The molecule has 1 heterocycles. The Hall–Kier alpha value is -3.61. The number of phenols is 1. The third-order valence-electron chi connectivity index (χ3n) is 3.92. The van der Waals surface area contributed by atoms with Gasteiger partial charge in [-0.05, 0) is 19.1 Å². The van der Waals surface area contributed by atoms with E-state index in [1.165, 1.54) is 12.1 Å². The number of hydrazine groups is 1. The summed E-state index contributed by atoms with van der Waals surface area (Å²) in [5.41, 5.74) is 6.71. The first-order valence-electron chi connectivity index (χ1n) is 8.42. The summed E-state index contributed by atoms with van der Waals surface area (Å²) in [5.74, 6) is -0.0771. The smallest absolute Gasteiger partial charge is 0.273 e. The van der Waals surface area contributed by atoms with Crippen LogP contribution in [0.2, 0.25) is 0 Å². The fourth-order valence-electron chi connectivity index (χ4n) is 2.42. The van der Waals surface area contributed by atoms with Gasteiger partial charge >= 0.3 is 0 Å². The van der Waals surface area contributed by atoms with E-state index in [9.17, 15) is 14.7 Å². The van der Waals surface area contributed by atoms with Crippen LogP contribution in [0, 0.1) is 6.92 Å². The van der Waals surface area contributed by atoms with Gasteiger partial charge in [-0.1, -0.05) is 42.0 Å². The summed E-state index contributed by atoms with van der Waals surface area (Å²) in [6, 6.07) is 13.9. The average Bonchev–Trinajstić information content (AvgIpc) is 3.14. The maximum atomic E-state index is 11.9. The predicted molar refractivity (Wildman–Crippen MR) is 98.7 cm³/mol. The second-order valence-electron chi connectivity index (χ2n) is 6.00. The van der Waals surface area contributed by atoms with Crippen LogP contribution in [0.4, 0.5) is 0 Å². The molecule has 2 amide bonds.